The minimum absolute atomic E-state index is 0.0624. The largest absolute Gasteiger partial charge is 0.452 e. The fraction of sp³-hybridized carbons (Fsp3) is 0.188. The summed E-state index contributed by atoms with van der Waals surface area (Å²) in [6, 6.07) is 8.17. The minimum atomic E-state index is -2.81. The number of nitrogens with zero attached hydrogens (tertiary/aromatic N) is 6. The molecule has 0 radical (unpaired) electrons. The van der Waals surface area contributed by atoms with Gasteiger partial charge in [0.2, 0.25) is 0 Å². The summed E-state index contributed by atoms with van der Waals surface area (Å²) in [6.45, 7) is -1.46. The van der Waals surface area contributed by atoms with E-state index in [2.05, 4.69) is 20.1 Å². The second-order valence-electron chi connectivity index (χ2n) is 5.47. The third-order valence-electron chi connectivity index (χ3n) is 3.81. The first-order valence-electron chi connectivity index (χ1n) is 7.64. The highest BCUT2D eigenvalue weighted by Crippen LogP contribution is 2.23. The predicted molar refractivity (Wildman–Crippen MR) is 85.6 cm³/mol. The summed E-state index contributed by atoms with van der Waals surface area (Å²) >= 11 is 0. The Bertz CT molecular complexity index is 1120. The van der Waals surface area contributed by atoms with Gasteiger partial charge in [-0.05, 0) is 25.1 Å². The van der Waals surface area contributed by atoms with Crippen molar-refractivity contribution in [3.8, 4) is 0 Å². The first-order valence-corrected chi connectivity index (χ1v) is 7.64. The number of halogens is 2. The zero-order chi connectivity index (χ0) is 18.3. The normalized spacial score (nSPS) is 11.5. The van der Waals surface area contributed by atoms with Gasteiger partial charge < -0.3 is 4.74 Å². The van der Waals surface area contributed by atoms with E-state index < -0.39 is 19.1 Å². The van der Waals surface area contributed by atoms with Crippen molar-refractivity contribution in [1.29, 1.82) is 0 Å². The van der Waals surface area contributed by atoms with Crippen LogP contribution >= 0.6 is 0 Å². The third kappa shape index (κ3) is 2.65. The highest BCUT2D eigenvalue weighted by molar-refractivity contribution is 5.85. The number of alkyl halides is 2. The molecule has 0 N–H and O–H groups in total. The fourth-order valence-electron chi connectivity index (χ4n) is 2.60. The number of fused-ring (bicyclic) bond motifs is 2. The van der Waals surface area contributed by atoms with Crippen LogP contribution in [0.3, 0.4) is 0 Å². The fourth-order valence-corrected chi connectivity index (χ4v) is 2.60. The summed E-state index contributed by atoms with van der Waals surface area (Å²) in [4.78, 5) is 24.3. The lowest BCUT2D eigenvalue weighted by atomic mass is 10.3. The summed E-state index contributed by atoms with van der Waals surface area (Å²) in [5.41, 5.74) is 1.39. The van der Waals surface area contributed by atoms with Crippen LogP contribution in [0.1, 0.15) is 28.7 Å². The van der Waals surface area contributed by atoms with Gasteiger partial charge in [0, 0.05) is 11.9 Å². The Morgan fingerprint density at radius 1 is 1.23 bits per heavy atom. The van der Waals surface area contributed by atoms with Crippen LogP contribution in [0, 0.1) is 6.92 Å². The van der Waals surface area contributed by atoms with E-state index >= 15 is 0 Å². The predicted octanol–water partition coefficient (Wildman–Crippen LogP) is 2.53. The van der Waals surface area contributed by atoms with Crippen molar-refractivity contribution in [3.05, 3.63) is 53.9 Å². The van der Waals surface area contributed by atoms with Gasteiger partial charge in [-0.25, -0.2) is 19.3 Å². The van der Waals surface area contributed by atoms with Gasteiger partial charge in [0.25, 0.3) is 11.6 Å². The topological polar surface area (TPSA) is 87.2 Å². The molecule has 0 aliphatic rings. The van der Waals surface area contributed by atoms with Crippen molar-refractivity contribution in [2.75, 3.05) is 0 Å². The summed E-state index contributed by atoms with van der Waals surface area (Å²) < 4.78 is 33.9. The van der Waals surface area contributed by atoms with Crippen molar-refractivity contribution < 1.29 is 18.3 Å². The summed E-state index contributed by atoms with van der Waals surface area (Å²) in [5.74, 6) is -0.862. The Kier molecular flexibility index (Phi) is 3.79. The maximum absolute atomic E-state index is 13.4. The summed E-state index contributed by atoms with van der Waals surface area (Å²) in [5, 5.41) is 4.02. The van der Waals surface area contributed by atoms with E-state index in [-0.39, 0.29) is 22.9 Å². The zero-order valence-electron chi connectivity index (χ0n) is 13.5. The number of aryl methyl sites for hydroxylation is 1. The zero-order valence-corrected chi connectivity index (χ0v) is 13.5. The molecule has 10 heteroatoms. The first-order chi connectivity index (χ1) is 12.5. The highest BCUT2D eigenvalue weighted by Gasteiger charge is 2.21. The van der Waals surface area contributed by atoms with Crippen molar-refractivity contribution in [2.24, 2.45) is 0 Å². The number of ether oxygens (including phenoxy) is 1. The third-order valence-corrected chi connectivity index (χ3v) is 3.81. The average Bonchev–Trinajstić information content (AvgIpc) is 3.21. The molecule has 1 aromatic carbocycles. The number of hydrogen-bond acceptors (Lipinski definition) is 6. The van der Waals surface area contributed by atoms with Crippen LogP contribution in [0.5, 0.6) is 0 Å². The van der Waals surface area contributed by atoms with Crippen LogP contribution in [0.15, 0.2) is 36.5 Å². The van der Waals surface area contributed by atoms with Crippen molar-refractivity contribution in [1.82, 2.24) is 29.1 Å². The molecule has 0 amide bonds. The van der Waals surface area contributed by atoms with E-state index in [1.54, 1.807) is 37.4 Å². The number of esters is 1. The molecular formula is C16H12F2N6O2. The van der Waals surface area contributed by atoms with Crippen molar-refractivity contribution >= 4 is 22.8 Å². The molecule has 0 saturated carbocycles. The van der Waals surface area contributed by atoms with Crippen LogP contribution < -0.4 is 0 Å². The molecule has 0 unspecified atom stereocenters. The second kappa shape index (κ2) is 6.14. The van der Waals surface area contributed by atoms with Crippen LogP contribution in [0.25, 0.3) is 16.8 Å². The van der Waals surface area contributed by atoms with E-state index in [4.69, 9.17) is 4.74 Å². The van der Waals surface area contributed by atoms with Gasteiger partial charge in [-0.1, -0.05) is 12.1 Å². The van der Waals surface area contributed by atoms with Gasteiger partial charge >= 0.3 is 12.5 Å². The molecule has 0 atom stereocenters. The van der Waals surface area contributed by atoms with Crippen LogP contribution in [0.4, 0.5) is 8.78 Å². The van der Waals surface area contributed by atoms with Gasteiger partial charge in [-0.3, -0.25) is 4.57 Å². The lowest BCUT2D eigenvalue weighted by Gasteiger charge is -2.07. The Labute approximate surface area is 145 Å². The van der Waals surface area contributed by atoms with E-state index in [1.807, 2.05) is 0 Å². The monoisotopic (exact) mass is 358 g/mol. The van der Waals surface area contributed by atoms with E-state index in [0.29, 0.717) is 5.52 Å². The summed E-state index contributed by atoms with van der Waals surface area (Å²) in [6.07, 6.45) is 1.54. The molecule has 0 fully saturated rings. The molecule has 8 nitrogen and oxygen atoms in total. The molecule has 4 aromatic rings. The van der Waals surface area contributed by atoms with Gasteiger partial charge in [0.1, 0.15) is 6.61 Å². The van der Waals surface area contributed by atoms with Crippen molar-refractivity contribution in [3.63, 3.8) is 0 Å². The maximum Gasteiger partial charge on any atom is 0.378 e. The molecule has 0 spiro atoms. The molecule has 4 rings (SSSR count). The molecular weight excluding hydrogens is 346 g/mol. The van der Waals surface area contributed by atoms with E-state index in [1.165, 1.54) is 10.6 Å². The lowest BCUT2D eigenvalue weighted by Crippen LogP contribution is -2.12. The standard InChI is InChI=1S/C16H12F2N6O2/c1-9-6-7-19-16-21-13(22-24(9)16)14(25)26-8-12-20-10-4-2-3-5-11(10)23(12)15(17)18/h2-7,15H,8H2,1H3. The molecule has 0 saturated heterocycles. The molecule has 3 aromatic heterocycles. The number of carbonyl (C=O) groups is 1. The Hall–Kier alpha value is -3.43. The minimum Gasteiger partial charge on any atom is -0.452 e. The van der Waals surface area contributed by atoms with Crippen molar-refractivity contribution in [2.45, 2.75) is 20.1 Å². The first kappa shape index (κ1) is 16.1. The molecule has 0 bridgehead atoms. The van der Waals surface area contributed by atoms with Gasteiger partial charge in [0.15, 0.2) is 5.82 Å². The second-order valence-corrected chi connectivity index (χ2v) is 5.47. The molecule has 26 heavy (non-hydrogen) atoms. The molecule has 132 valence electrons. The Morgan fingerprint density at radius 3 is 2.81 bits per heavy atom. The Morgan fingerprint density at radius 2 is 2.04 bits per heavy atom. The number of imidazole rings is 1. The Balaban J connectivity index is 1.60. The van der Waals surface area contributed by atoms with Gasteiger partial charge in [-0.2, -0.15) is 13.8 Å². The van der Waals surface area contributed by atoms with Gasteiger partial charge in [-0.15, -0.1) is 5.10 Å². The quantitative estimate of drug-likeness (QED) is 0.521. The van der Waals surface area contributed by atoms with Crippen LogP contribution in [0.2, 0.25) is 0 Å². The molecule has 0 aliphatic heterocycles. The molecule has 3 heterocycles. The number of rotatable bonds is 4. The SMILES string of the molecule is Cc1ccnc2nc(C(=O)OCc3nc4ccccc4n3C(F)F)nn12. The summed E-state index contributed by atoms with van der Waals surface area (Å²) in [7, 11) is 0. The number of hydrogen-bond donors (Lipinski definition) is 0. The van der Waals surface area contributed by atoms with E-state index in [9.17, 15) is 13.6 Å². The lowest BCUT2D eigenvalue weighted by molar-refractivity contribution is 0.0376. The smallest absolute Gasteiger partial charge is 0.378 e. The maximum atomic E-state index is 13.4. The highest BCUT2D eigenvalue weighted by atomic mass is 19.3. The van der Waals surface area contributed by atoms with Crippen LogP contribution in [-0.2, 0) is 11.3 Å². The van der Waals surface area contributed by atoms with Gasteiger partial charge in [0.05, 0.1) is 11.0 Å². The van der Waals surface area contributed by atoms with E-state index in [0.717, 1.165) is 10.3 Å². The molecule has 0 aliphatic carbocycles. The van der Waals surface area contributed by atoms with Crippen LogP contribution in [-0.4, -0.2) is 35.1 Å². The number of para-hydroxylation sites is 2. The average molecular weight is 358 g/mol. The number of carbonyl (C=O) groups excluding carboxylic acids is 1. The number of benzene rings is 1. The number of aromatic nitrogens is 6.